The molecule has 0 spiro atoms. The third-order valence-corrected chi connectivity index (χ3v) is 4.57. The first-order valence-electron chi connectivity index (χ1n) is 5.87. The van der Waals surface area contributed by atoms with Crippen LogP contribution >= 0.6 is 34.5 Å². The molecule has 0 aliphatic carbocycles. The second kappa shape index (κ2) is 5.41. The van der Waals surface area contributed by atoms with Crippen LogP contribution in [-0.2, 0) is 6.54 Å². The fourth-order valence-corrected chi connectivity index (χ4v) is 3.02. The van der Waals surface area contributed by atoms with E-state index in [-0.39, 0.29) is 0 Å². The molecule has 0 unspecified atom stereocenters. The summed E-state index contributed by atoms with van der Waals surface area (Å²) in [6.07, 6.45) is 0. The van der Waals surface area contributed by atoms with Crippen LogP contribution in [0.25, 0.3) is 10.1 Å². The van der Waals surface area contributed by atoms with Crippen LogP contribution in [0.2, 0.25) is 10.0 Å². The van der Waals surface area contributed by atoms with Gasteiger partial charge in [-0.05, 0) is 52.7 Å². The molecule has 0 radical (unpaired) electrons. The van der Waals surface area contributed by atoms with Gasteiger partial charge in [-0.2, -0.15) is 0 Å². The van der Waals surface area contributed by atoms with Crippen molar-refractivity contribution in [1.82, 2.24) is 0 Å². The van der Waals surface area contributed by atoms with Crippen LogP contribution in [0.3, 0.4) is 0 Å². The van der Waals surface area contributed by atoms with Gasteiger partial charge >= 0.3 is 0 Å². The van der Waals surface area contributed by atoms with Crippen LogP contribution in [0.15, 0.2) is 47.8 Å². The fourth-order valence-electron chi connectivity index (χ4n) is 1.93. The van der Waals surface area contributed by atoms with Crippen molar-refractivity contribution in [2.24, 2.45) is 0 Å². The van der Waals surface area contributed by atoms with Gasteiger partial charge in [-0.1, -0.05) is 29.3 Å². The van der Waals surface area contributed by atoms with Crippen LogP contribution in [0.1, 0.15) is 5.56 Å². The predicted octanol–water partition coefficient (Wildman–Crippen LogP) is 5.82. The molecule has 0 atom stereocenters. The van der Waals surface area contributed by atoms with E-state index in [4.69, 9.17) is 23.2 Å². The Kier molecular flexibility index (Phi) is 3.65. The van der Waals surface area contributed by atoms with E-state index in [1.54, 1.807) is 11.3 Å². The molecule has 2 aromatic carbocycles. The minimum Gasteiger partial charge on any atom is -0.381 e. The molecule has 0 aliphatic rings. The van der Waals surface area contributed by atoms with Crippen molar-refractivity contribution in [1.29, 1.82) is 0 Å². The summed E-state index contributed by atoms with van der Waals surface area (Å²) in [5, 5.41) is 7.94. The van der Waals surface area contributed by atoms with E-state index in [1.807, 2.05) is 18.2 Å². The number of thiophene rings is 1. The van der Waals surface area contributed by atoms with Crippen molar-refractivity contribution in [3.8, 4) is 0 Å². The van der Waals surface area contributed by atoms with Gasteiger partial charge in [0.05, 0.1) is 10.0 Å². The third-order valence-electron chi connectivity index (χ3n) is 2.93. The standard InChI is InChI=1S/C15H11Cl2NS/c16-13-3-1-10(7-14(13)17)9-18-12-2-4-15-11(8-12)5-6-19-15/h1-8,18H,9H2. The van der Waals surface area contributed by atoms with Crippen molar-refractivity contribution >= 4 is 50.3 Å². The second-order valence-corrected chi connectivity index (χ2v) is 6.04. The summed E-state index contributed by atoms with van der Waals surface area (Å²) in [6, 6.07) is 14.2. The van der Waals surface area contributed by atoms with Crippen LogP contribution in [0.4, 0.5) is 5.69 Å². The molecule has 1 aromatic heterocycles. The Labute approximate surface area is 125 Å². The normalized spacial score (nSPS) is 10.8. The van der Waals surface area contributed by atoms with Gasteiger partial charge in [0.1, 0.15) is 0 Å². The fraction of sp³-hybridized carbons (Fsp3) is 0.0667. The van der Waals surface area contributed by atoms with Gasteiger partial charge in [-0.15, -0.1) is 11.3 Å². The first kappa shape index (κ1) is 12.8. The van der Waals surface area contributed by atoms with E-state index >= 15 is 0 Å². The summed E-state index contributed by atoms with van der Waals surface area (Å²) < 4.78 is 1.31. The minimum absolute atomic E-state index is 0.588. The number of rotatable bonds is 3. The largest absolute Gasteiger partial charge is 0.381 e. The molecule has 0 saturated heterocycles. The monoisotopic (exact) mass is 307 g/mol. The van der Waals surface area contributed by atoms with Crippen molar-refractivity contribution in [3.05, 3.63) is 63.5 Å². The van der Waals surface area contributed by atoms with E-state index in [1.165, 1.54) is 10.1 Å². The third kappa shape index (κ3) is 2.86. The zero-order chi connectivity index (χ0) is 13.2. The maximum Gasteiger partial charge on any atom is 0.0595 e. The number of hydrogen-bond donors (Lipinski definition) is 1. The number of fused-ring (bicyclic) bond motifs is 1. The van der Waals surface area contributed by atoms with Gasteiger partial charge in [-0.3, -0.25) is 0 Å². The lowest BCUT2D eigenvalue weighted by molar-refractivity contribution is 1.15. The Bertz CT molecular complexity index is 721. The van der Waals surface area contributed by atoms with Gasteiger partial charge in [0.2, 0.25) is 0 Å². The number of anilines is 1. The molecule has 3 rings (SSSR count). The second-order valence-electron chi connectivity index (χ2n) is 4.28. The van der Waals surface area contributed by atoms with E-state index in [0.717, 1.165) is 17.8 Å². The average molecular weight is 308 g/mol. The Morgan fingerprint density at radius 3 is 2.68 bits per heavy atom. The molecule has 1 N–H and O–H groups in total. The van der Waals surface area contributed by atoms with Crippen molar-refractivity contribution in [2.45, 2.75) is 6.54 Å². The van der Waals surface area contributed by atoms with Crippen LogP contribution < -0.4 is 5.32 Å². The van der Waals surface area contributed by atoms with E-state index in [0.29, 0.717) is 10.0 Å². The highest BCUT2D eigenvalue weighted by atomic mass is 35.5. The molecule has 1 nitrogen and oxygen atoms in total. The van der Waals surface area contributed by atoms with Gasteiger partial charge in [0.15, 0.2) is 0 Å². The van der Waals surface area contributed by atoms with E-state index in [9.17, 15) is 0 Å². The quantitative estimate of drug-likeness (QED) is 0.643. The Morgan fingerprint density at radius 1 is 0.947 bits per heavy atom. The highest BCUT2D eigenvalue weighted by Crippen LogP contribution is 2.25. The van der Waals surface area contributed by atoms with E-state index in [2.05, 4.69) is 35.0 Å². The van der Waals surface area contributed by atoms with Gasteiger partial charge in [-0.25, -0.2) is 0 Å². The molecule has 0 amide bonds. The molecule has 0 bridgehead atoms. The van der Waals surface area contributed by atoms with Gasteiger partial charge in [0, 0.05) is 16.9 Å². The summed E-state index contributed by atoms with van der Waals surface area (Å²) in [4.78, 5) is 0. The summed E-state index contributed by atoms with van der Waals surface area (Å²) in [7, 11) is 0. The summed E-state index contributed by atoms with van der Waals surface area (Å²) in [6.45, 7) is 0.729. The molecule has 4 heteroatoms. The first-order valence-corrected chi connectivity index (χ1v) is 7.51. The number of hydrogen-bond acceptors (Lipinski definition) is 2. The Morgan fingerprint density at radius 2 is 1.84 bits per heavy atom. The summed E-state index contributed by atoms with van der Waals surface area (Å²) in [5.41, 5.74) is 2.22. The first-order chi connectivity index (χ1) is 9.22. The van der Waals surface area contributed by atoms with E-state index < -0.39 is 0 Å². The van der Waals surface area contributed by atoms with Crippen molar-refractivity contribution < 1.29 is 0 Å². The Balaban J connectivity index is 1.75. The molecule has 0 fully saturated rings. The lowest BCUT2D eigenvalue weighted by Gasteiger charge is -2.07. The molecule has 0 aliphatic heterocycles. The highest BCUT2D eigenvalue weighted by Gasteiger charge is 2.01. The maximum atomic E-state index is 6.00. The average Bonchev–Trinajstić information content (AvgIpc) is 2.87. The van der Waals surface area contributed by atoms with Crippen LogP contribution in [-0.4, -0.2) is 0 Å². The maximum absolute atomic E-state index is 6.00. The zero-order valence-corrected chi connectivity index (χ0v) is 12.3. The molecule has 3 aromatic rings. The molecule has 96 valence electrons. The molecular formula is C15H11Cl2NS. The number of benzene rings is 2. The zero-order valence-electron chi connectivity index (χ0n) is 9.99. The topological polar surface area (TPSA) is 12.0 Å². The van der Waals surface area contributed by atoms with Crippen molar-refractivity contribution in [3.63, 3.8) is 0 Å². The number of nitrogens with one attached hydrogen (secondary N) is 1. The summed E-state index contributed by atoms with van der Waals surface area (Å²) >= 11 is 13.7. The Hall–Kier alpha value is -1.22. The minimum atomic E-state index is 0.588. The van der Waals surface area contributed by atoms with Crippen LogP contribution in [0.5, 0.6) is 0 Å². The lowest BCUT2D eigenvalue weighted by atomic mass is 10.2. The smallest absolute Gasteiger partial charge is 0.0595 e. The molecule has 1 heterocycles. The van der Waals surface area contributed by atoms with Gasteiger partial charge < -0.3 is 5.32 Å². The molecule has 19 heavy (non-hydrogen) atoms. The van der Waals surface area contributed by atoms with Crippen molar-refractivity contribution in [2.75, 3.05) is 5.32 Å². The predicted molar refractivity (Wildman–Crippen MR) is 85.6 cm³/mol. The molecular weight excluding hydrogens is 297 g/mol. The highest BCUT2D eigenvalue weighted by molar-refractivity contribution is 7.17. The SMILES string of the molecule is Clc1ccc(CNc2ccc3sccc3c2)cc1Cl. The van der Waals surface area contributed by atoms with Crippen LogP contribution in [0, 0.1) is 0 Å². The van der Waals surface area contributed by atoms with Gasteiger partial charge in [0.25, 0.3) is 0 Å². The molecule has 0 saturated carbocycles. The summed E-state index contributed by atoms with van der Waals surface area (Å²) in [5.74, 6) is 0. The number of halogens is 2. The lowest BCUT2D eigenvalue weighted by Crippen LogP contribution is -1.98.